The molecule has 0 aromatic heterocycles. The first kappa shape index (κ1) is 12.4. The number of nitrogens with one attached hydrogen (secondary N) is 1. The van der Waals surface area contributed by atoms with Crippen LogP contribution in [0.1, 0.15) is 6.92 Å². The molecule has 0 saturated carbocycles. The molecule has 0 aliphatic carbocycles. The number of thiocyanates is 1. The summed E-state index contributed by atoms with van der Waals surface area (Å²) in [5.41, 5.74) is 0.829. The number of rotatable bonds is 5. The molecule has 0 heterocycles. The number of anilines is 1. The van der Waals surface area contributed by atoms with Crippen molar-refractivity contribution in [3.05, 3.63) is 24.3 Å². The van der Waals surface area contributed by atoms with Gasteiger partial charge >= 0.3 is 5.97 Å². The second-order valence-corrected chi connectivity index (χ2v) is 3.73. The first-order chi connectivity index (χ1) is 7.76. The molecule has 0 aliphatic heterocycles. The first-order valence-corrected chi connectivity index (χ1v) is 5.63. The number of hydrogen-bond donors (Lipinski definition) is 1. The van der Waals surface area contributed by atoms with E-state index in [4.69, 9.17) is 10.00 Å². The Kier molecular flexibility index (Phi) is 5.23. The molecule has 1 N–H and O–H groups in total. The molecule has 84 valence electrons. The molecule has 0 saturated heterocycles. The van der Waals surface area contributed by atoms with Gasteiger partial charge in [-0.1, -0.05) is 0 Å². The summed E-state index contributed by atoms with van der Waals surface area (Å²) in [6.07, 6.45) is 0. The fourth-order valence-electron chi connectivity index (χ4n) is 1.08. The highest BCUT2D eigenvalue weighted by Crippen LogP contribution is 2.18. The van der Waals surface area contributed by atoms with Crippen LogP contribution in [0.15, 0.2) is 29.2 Å². The quantitative estimate of drug-likeness (QED) is 0.482. The first-order valence-electron chi connectivity index (χ1n) is 4.81. The molecule has 4 nitrogen and oxygen atoms in total. The monoisotopic (exact) mass is 236 g/mol. The fourth-order valence-corrected chi connectivity index (χ4v) is 1.46. The van der Waals surface area contributed by atoms with Crippen molar-refractivity contribution in [2.75, 3.05) is 18.5 Å². The van der Waals surface area contributed by atoms with Gasteiger partial charge in [-0.2, -0.15) is 5.26 Å². The van der Waals surface area contributed by atoms with Crippen LogP contribution in [0.25, 0.3) is 0 Å². The maximum absolute atomic E-state index is 11.1. The van der Waals surface area contributed by atoms with Crippen LogP contribution in [0.4, 0.5) is 5.69 Å². The lowest BCUT2D eigenvalue weighted by molar-refractivity contribution is -0.140. The lowest BCUT2D eigenvalue weighted by Crippen LogP contribution is -2.16. The van der Waals surface area contributed by atoms with Crippen molar-refractivity contribution < 1.29 is 9.53 Å². The molecule has 0 radical (unpaired) electrons. The van der Waals surface area contributed by atoms with E-state index in [2.05, 4.69) is 5.32 Å². The van der Waals surface area contributed by atoms with Gasteiger partial charge in [0.05, 0.1) is 6.61 Å². The van der Waals surface area contributed by atoms with Gasteiger partial charge in [-0.15, -0.1) is 0 Å². The van der Waals surface area contributed by atoms with Crippen LogP contribution >= 0.6 is 11.8 Å². The number of nitriles is 1. The Bertz CT molecular complexity index is 384. The molecular formula is C11H12N2O2S. The number of hydrogen-bond acceptors (Lipinski definition) is 5. The fraction of sp³-hybridized carbons (Fsp3) is 0.273. The number of carbonyl (C=O) groups excluding carboxylic acids is 1. The summed E-state index contributed by atoms with van der Waals surface area (Å²) in [6.45, 7) is 2.31. The van der Waals surface area contributed by atoms with Crippen LogP contribution in [0.3, 0.4) is 0 Å². The summed E-state index contributed by atoms with van der Waals surface area (Å²) in [5, 5.41) is 13.4. The number of carbonyl (C=O) groups is 1. The Hall–Kier alpha value is -1.67. The lowest BCUT2D eigenvalue weighted by Gasteiger charge is -2.05. The highest BCUT2D eigenvalue weighted by molar-refractivity contribution is 8.03. The maximum atomic E-state index is 11.1. The van der Waals surface area contributed by atoms with Gasteiger partial charge < -0.3 is 10.1 Å². The van der Waals surface area contributed by atoms with Crippen molar-refractivity contribution in [1.29, 1.82) is 5.26 Å². The van der Waals surface area contributed by atoms with Gasteiger partial charge in [-0.3, -0.25) is 4.79 Å². The summed E-state index contributed by atoms with van der Waals surface area (Å²) in [7, 11) is 0. The van der Waals surface area contributed by atoms with Crippen LogP contribution in [-0.2, 0) is 9.53 Å². The topological polar surface area (TPSA) is 62.1 Å². The van der Waals surface area contributed by atoms with Crippen molar-refractivity contribution in [2.24, 2.45) is 0 Å². The van der Waals surface area contributed by atoms with Crippen molar-refractivity contribution in [3.63, 3.8) is 0 Å². The normalized spacial score (nSPS) is 9.25. The summed E-state index contributed by atoms with van der Waals surface area (Å²) in [4.78, 5) is 11.9. The Labute approximate surface area is 98.6 Å². The van der Waals surface area contributed by atoms with Crippen molar-refractivity contribution in [1.82, 2.24) is 0 Å². The minimum absolute atomic E-state index is 0.151. The Morgan fingerprint density at radius 1 is 1.50 bits per heavy atom. The van der Waals surface area contributed by atoms with Crippen LogP contribution in [0.2, 0.25) is 0 Å². The number of benzene rings is 1. The van der Waals surface area contributed by atoms with Crippen LogP contribution in [0, 0.1) is 10.7 Å². The predicted molar refractivity (Wildman–Crippen MR) is 63.0 cm³/mol. The van der Waals surface area contributed by atoms with Crippen molar-refractivity contribution in [3.8, 4) is 5.40 Å². The molecule has 0 spiro atoms. The van der Waals surface area contributed by atoms with E-state index in [1.807, 2.05) is 29.7 Å². The van der Waals surface area contributed by atoms with Gasteiger partial charge in [0.2, 0.25) is 0 Å². The van der Waals surface area contributed by atoms with Gasteiger partial charge in [0.25, 0.3) is 0 Å². The van der Waals surface area contributed by atoms with Crippen LogP contribution in [-0.4, -0.2) is 19.1 Å². The number of esters is 1. The second kappa shape index (κ2) is 6.75. The van der Waals surface area contributed by atoms with E-state index < -0.39 is 0 Å². The van der Waals surface area contributed by atoms with Gasteiger partial charge in [-0.05, 0) is 43.0 Å². The van der Waals surface area contributed by atoms with E-state index in [0.29, 0.717) is 6.61 Å². The van der Waals surface area contributed by atoms with E-state index >= 15 is 0 Å². The smallest absolute Gasteiger partial charge is 0.325 e. The van der Waals surface area contributed by atoms with Crippen molar-refractivity contribution >= 4 is 23.4 Å². The molecule has 0 aliphatic rings. The molecule has 1 aromatic rings. The molecular weight excluding hydrogens is 224 g/mol. The molecule has 0 atom stereocenters. The van der Waals surface area contributed by atoms with Crippen molar-refractivity contribution in [2.45, 2.75) is 11.8 Å². The molecule has 1 aromatic carbocycles. The molecule has 5 heteroatoms. The van der Waals surface area contributed by atoms with Gasteiger partial charge in [0.1, 0.15) is 11.9 Å². The number of nitrogens with zero attached hydrogens (tertiary/aromatic N) is 1. The standard InChI is InChI=1S/C11H12N2O2S/c1-2-15-11(14)7-13-9-3-5-10(6-4-9)16-8-12/h3-6,13H,2,7H2,1H3. The van der Waals surface area contributed by atoms with Gasteiger partial charge in [0.15, 0.2) is 0 Å². The number of ether oxygens (including phenoxy) is 1. The lowest BCUT2D eigenvalue weighted by atomic mass is 10.3. The van der Waals surface area contributed by atoms with Gasteiger partial charge in [0, 0.05) is 10.6 Å². The molecule has 0 fully saturated rings. The third-order valence-electron chi connectivity index (χ3n) is 1.76. The predicted octanol–water partition coefficient (Wildman–Crippen LogP) is 2.23. The molecule has 1 rings (SSSR count). The highest BCUT2D eigenvalue weighted by atomic mass is 32.2. The van der Waals surface area contributed by atoms with Crippen LogP contribution < -0.4 is 5.32 Å². The average molecular weight is 236 g/mol. The van der Waals surface area contributed by atoms with E-state index in [-0.39, 0.29) is 12.5 Å². The average Bonchev–Trinajstić information content (AvgIpc) is 2.29. The molecule has 0 unspecified atom stereocenters. The largest absolute Gasteiger partial charge is 0.465 e. The molecule has 0 bridgehead atoms. The third-order valence-corrected chi connectivity index (χ3v) is 2.36. The zero-order valence-corrected chi connectivity index (χ0v) is 9.71. The Morgan fingerprint density at radius 3 is 2.75 bits per heavy atom. The second-order valence-electron chi connectivity index (χ2n) is 2.88. The highest BCUT2D eigenvalue weighted by Gasteiger charge is 2.00. The van der Waals surface area contributed by atoms with Crippen LogP contribution in [0.5, 0.6) is 0 Å². The summed E-state index contributed by atoms with van der Waals surface area (Å²) >= 11 is 1.10. The summed E-state index contributed by atoms with van der Waals surface area (Å²) < 4.78 is 4.78. The maximum Gasteiger partial charge on any atom is 0.325 e. The summed E-state index contributed by atoms with van der Waals surface area (Å²) in [5.74, 6) is -0.280. The van der Waals surface area contributed by atoms with E-state index in [1.165, 1.54) is 0 Å². The SMILES string of the molecule is CCOC(=O)CNc1ccc(SC#N)cc1. The third kappa shape index (κ3) is 4.24. The minimum Gasteiger partial charge on any atom is -0.465 e. The zero-order valence-electron chi connectivity index (χ0n) is 8.90. The Morgan fingerprint density at radius 2 is 2.19 bits per heavy atom. The van der Waals surface area contributed by atoms with E-state index in [9.17, 15) is 4.79 Å². The van der Waals surface area contributed by atoms with E-state index in [1.54, 1.807) is 6.92 Å². The summed E-state index contributed by atoms with van der Waals surface area (Å²) in [6, 6.07) is 7.28. The molecule has 16 heavy (non-hydrogen) atoms. The van der Waals surface area contributed by atoms with E-state index in [0.717, 1.165) is 22.3 Å². The number of thioether (sulfide) groups is 1. The Balaban J connectivity index is 2.43. The zero-order chi connectivity index (χ0) is 11.8. The minimum atomic E-state index is -0.280. The van der Waals surface area contributed by atoms with Gasteiger partial charge in [-0.25, -0.2) is 0 Å². The molecule has 0 amide bonds.